The summed E-state index contributed by atoms with van der Waals surface area (Å²) >= 11 is 0. The summed E-state index contributed by atoms with van der Waals surface area (Å²) in [7, 11) is 1.67. The van der Waals surface area contributed by atoms with Crippen LogP contribution >= 0.6 is 0 Å². The highest BCUT2D eigenvalue weighted by molar-refractivity contribution is 6.06. The van der Waals surface area contributed by atoms with E-state index in [-0.39, 0.29) is 22.2 Å². The van der Waals surface area contributed by atoms with Gasteiger partial charge in [0.05, 0.1) is 5.52 Å². The van der Waals surface area contributed by atoms with E-state index in [0.29, 0.717) is 5.56 Å². The summed E-state index contributed by atoms with van der Waals surface area (Å²) in [5, 5.41) is 3.66. The summed E-state index contributed by atoms with van der Waals surface area (Å²) in [6, 6.07) is 10.1. The number of carbonyl (C=O) groups is 1. The number of hydrogen-bond donors (Lipinski definition) is 1. The van der Waals surface area contributed by atoms with Crippen LogP contribution in [-0.4, -0.2) is 17.9 Å². The fourth-order valence-corrected chi connectivity index (χ4v) is 5.09. The molecule has 1 amide bonds. The number of pyridine rings is 1. The molecule has 0 radical (unpaired) electrons. The largest absolute Gasteiger partial charge is 0.355 e. The van der Waals surface area contributed by atoms with Crippen molar-refractivity contribution in [3.8, 4) is 0 Å². The van der Waals surface area contributed by atoms with E-state index in [4.69, 9.17) is 4.98 Å². The second-order valence-electron chi connectivity index (χ2n) is 10.2. The minimum Gasteiger partial charge on any atom is -0.355 e. The predicted molar refractivity (Wildman–Crippen MR) is 129 cm³/mol. The molecule has 3 nitrogen and oxygen atoms in total. The molecule has 2 aromatic rings. The van der Waals surface area contributed by atoms with Gasteiger partial charge in [0.25, 0.3) is 5.91 Å². The molecule has 1 heterocycles. The highest BCUT2D eigenvalue weighted by Crippen LogP contribution is 2.56. The molecule has 0 spiro atoms. The quantitative estimate of drug-likeness (QED) is 0.441. The lowest BCUT2D eigenvalue weighted by atomic mass is 9.50. The number of fused-ring (bicyclic) bond motifs is 1. The van der Waals surface area contributed by atoms with Gasteiger partial charge in [-0.3, -0.25) is 9.78 Å². The standard InChI is InChI=1S/C27H42N2O/c1-9-11-12-13-19-26(6,10-2)27(7,25(3,4)5)23-18-17-20-21(24(30)28-8)15-14-16-22(20)29-23/h14-18H,9-13,19H2,1-8H3,(H,28,30)/t26?,27-/m0/s1. The maximum Gasteiger partial charge on any atom is 0.251 e. The van der Waals surface area contributed by atoms with Crippen LogP contribution in [0.25, 0.3) is 10.9 Å². The number of aromatic nitrogens is 1. The zero-order valence-corrected chi connectivity index (χ0v) is 20.5. The molecule has 1 unspecified atom stereocenters. The highest BCUT2D eigenvalue weighted by Gasteiger charge is 2.52. The Labute approximate surface area is 184 Å². The monoisotopic (exact) mass is 410 g/mol. The van der Waals surface area contributed by atoms with Crippen molar-refractivity contribution in [1.82, 2.24) is 10.3 Å². The molecule has 0 fully saturated rings. The molecule has 0 saturated heterocycles. The molecule has 1 N–H and O–H groups in total. The van der Waals surface area contributed by atoms with Gasteiger partial charge in [0.2, 0.25) is 0 Å². The number of nitrogens with zero attached hydrogens (tertiary/aromatic N) is 1. The summed E-state index contributed by atoms with van der Waals surface area (Å²) in [4.78, 5) is 17.5. The summed E-state index contributed by atoms with van der Waals surface area (Å²) < 4.78 is 0. The van der Waals surface area contributed by atoms with Crippen molar-refractivity contribution in [3.05, 3.63) is 41.6 Å². The van der Waals surface area contributed by atoms with E-state index in [2.05, 4.69) is 65.9 Å². The van der Waals surface area contributed by atoms with Crippen molar-refractivity contribution in [2.24, 2.45) is 10.8 Å². The predicted octanol–water partition coefficient (Wildman–Crippen LogP) is 7.28. The number of hydrogen-bond acceptors (Lipinski definition) is 2. The molecule has 0 aliphatic rings. The molecule has 0 aliphatic heterocycles. The van der Waals surface area contributed by atoms with Crippen molar-refractivity contribution in [3.63, 3.8) is 0 Å². The third-order valence-corrected chi connectivity index (χ3v) is 7.79. The molecule has 2 rings (SSSR count). The van der Waals surface area contributed by atoms with Crippen molar-refractivity contribution < 1.29 is 4.79 Å². The molecule has 3 heteroatoms. The minimum atomic E-state index is -0.0990. The van der Waals surface area contributed by atoms with Crippen LogP contribution in [0, 0.1) is 10.8 Å². The number of nitrogens with one attached hydrogen (secondary N) is 1. The normalized spacial score (nSPS) is 16.1. The molecule has 0 saturated carbocycles. The SMILES string of the molecule is CCCCCCC(C)(CC)[C@@](C)(c1ccc2c(C(=O)NC)cccc2n1)C(C)(C)C. The van der Waals surface area contributed by atoms with Crippen molar-refractivity contribution in [2.45, 2.75) is 92.4 Å². The van der Waals surface area contributed by atoms with Gasteiger partial charge in [0, 0.05) is 29.1 Å². The van der Waals surface area contributed by atoms with Gasteiger partial charge >= 0.3 is 0 Å². The van der Waals surface area contributed by atoms with Gasteiger partial charge < -0.3 is 5.32 Å². The Hall–Kier alpha value is -1.90. The molecule has 1 aromatic heterocycles. The first-order chi connectivity index (χ1) is 14.1. The second-order valence-corrected chi connectivity index (χ2v) is 10.2. The van der Waals surface area contributed by atoms with E-state index < -0.39 is 0 Å². The Kier molecular flexibility index (Phi) is 7.71. The van der Waals surface area contributed by atoms with Gasteiger partial charge in [0.1, 0.15) is 0 Å². The van der Waals surface area contributed by atoms with E-state index in [1.165, 1.54) is 32.1 Å². The Morgan fingerprint density at radius 2 is 1.67 bits per heavy atom. The maximum atomic E-state index is 12.3. The first-order valence-corrected chi connectivity index (χ1v) is 11.7. The highest BCUT2D eigenvalue weighted by atomic mass is 16.1. The lowest BCUT2D eigenvalue weighted by molar-refractivity contribution is 0.0233. The van der Waals surface area contributed by atoms with Crippen LogP contribution in [0.1, 0.15) is 103 Å². The van der Waals surface area contributed by atoms with Crippen molar-refractivity contribution >= 4 is 16.8 Å². The number of amides is 1. The van der Waals surface area contributed by atoms with Crippen LogP contribution < -0.4 is 5.32 Å². The van der Waals surface area contributed by atoms with Crippen LogP contribution in [0.5, 0.6) is 0 Å². The van der Waals surface area contributed by atoms with Crippen LogP contribution in [0.3, 0.4) is 0 Å². The third-order valence-electron chi connectivity index (χ3n) is 7.79. The molecular formula is C27H42N2O. The van der Waals surface area contributed by atoms with Gasteiger partial charge in [-0.2, -0.15) is 0 Å². The summed E-state index contributed by atoms with van der Waals surface area (Å²) in [5.74, 6) is -0.0666. The smallest absolute Gasteiger partial charge is 0.251 e. The Morgan fingerprint density at radius 3 is 2.23 bits per heavy atom. The Bertz CT molecular complexity index is 867. The first kappa shape index (κ1) is 24.4. The Morgan fingerprint density at radius 1 is 0.967 bits per heavy atom. The topological polar surface area (TPSA) is 42.0 Å². The van der Waals surface area contributed by atoms with E-state index >= 15 is 0 Å². The lowest BCUT2D eigenvalue weighted by Gasteiger charge is -2.54. The number of rotatable bonds is 9. The van der Waals surface area contributed by atoms with Crippen LogP contribution in [-0.2, 0) is 5.41 Å². The maximum absolute atomic E-state index is 12.3. The van der Waals surface area contributed by atoms with E-state index in [0.717, 1.165) is 23.0 Å². The van der Waals surface area contributed by atoms with Crippen LogP contribution in [0.15, 0.2) is 30.3 Å². The second kappa shape index (κ2) is 9.49. The van der Waals surface area contributed by atoms with Gasteiger partial charge in [-0.05, 0) is 41.9 Å². The lowest BCUT2D eigenvalue weighted by Crippen LogP contribution is -2.51. The average Bonchev–Trinajstić information content (AvgIpc) is 2.73. The minimum absolute atomic E-state index is 0.0433. The van der Waals surface area contributed by atoms with E-state index in [9.17, 15) is 4.79 Å². The molecule has 1 aromatic carbocycles. The fourth-order valence-electron chi connectivity index (χ4n) is 5.09. The molecule has 0 aliphatic carbocycles. The van der Waals surface area contributed by atoms with E-state index in [1.807, 2.05) is 18.2 Å². The van der Waals surface area contributed by atoms with Crippen LogP contribution in [0.4, 0.5) is 0 Å². The first-order valence-electron chi connectivity index (χ1n) is 11.7. The average molecular weight is 411 g/mol. The van der Waals surface area contributed by atoms with Crippen LogP contribution in [0.2, 0.25) is 0 Å². The zero-order valence-electron chi connectivity index (χ0n) is 20.5. The molecule has 30 heavy (non-hydrogen) atoms. The number of carbonyl (C=O) groups excluding carboxylic acids is 1. The molecule has 0 bridgehead atoms. The Balaban J connectivity index is 2.60. The van der Waals surface area contributed by atoms with Gasteiger partial charge in [-0.1, -0.05) is 86.3 Å². The summed E-state index contributed by atoms with van der Waals surface area (Å²) in [6.07, 6.45) is 7.45. The summed E-state index contributed by atoms with van der Waals surface area (Å²) in [5.41, 5.74) is 2.80. The van der Waals surface area contributed by atoms with Gasteiger partial charge in [-0.25, -0.2) is 0 Å². The molecule has 2 atom stereocenters. The molecule has 166 valence electrons. The molecular weight excluding hydrogens is 368 g/mol. The van der Waals surface area contributed by atoms with Gasteiger partial charge in [0.15, 0.2) is 0 Å². The summed E-state index contributed by atoms with van der Waals surface area (Å²) in [6.45, 7) is 16.5. The number of benzene rings is 1. The number of unbranched alkanes of at least 4 members (excludes halogenated alkanes) is 3. The zero-order chi connectivity index (χ0) is 22.6. The van der Waals surface area contributed by atoms with Crippen molar-refractivity contribution in [1.29, 1.82) is 0 Å². The van der Waals surface area contributed by atoms with Crippen molar-refractivity contribution in [2.75, 3.05) is 7.05 Å². The van der Waals surface area contributed by atoms with E-state index in [1.54, 1.807) is 7.05 Å². The van der Waals surface area contributed by atoms with Gasteiger partial charge in [-0.15, -0.1) is 0 Å². The third kappa shape index (κ3) is 4.40. The fraction of sp³-hybridized carbons (Fsp3) is 0.630.